The normalized spacial score (nSPS) is 11.5. The number of benzene rings is 1. The number of halogens is 1. The van der Waals surface area contributed by atoms with E-state index in [0.717, 1.165) is 5.82 Å². The molecule has 0 fully saturated rings. The van der Waals surface area contributed by atoms with Crippen LogP contribution in [0.2, 0.25) is 5.02 Å². The van der Waals surface area contributed by atoms with Gasteiger partial charge in [0, 0.05) is 17.6 Å². The molecule has 1 aromatic carbocycles. The highest BCUT2D eigenvalue weighted by Gasteiger charge is 2.18. The quantitative estimate of drug-likeness (QED) is 0.812. The average Bonchev–Trinajstić information content (AvgIpc) is 2.90. The van der Waals surface area contributed by atoms with Crippen molar-refractivity contribution in [3.8, 4) is 0 Å². The number of hydrogen-bond donors (Lipinski definition) is 2. The van der Waals surface area contributed by atoms with Crippen molar-refractivity contribution in [2.75, 3.05) is 11.1 Å². The molecule has 0 saturated heterocycles. The summed E-state index contributed by atoms with van der Waals surface area (Å²) >= 11 is 7.45. The van der Waals surface area contributed by atoms with Crippen molar-refractivity contribution in [2.24, 2.45) is 0 Å². The van der Waals surface area contributed by atoms with Gasteiger partial charge in [-0.1, -0.05) is 56.3 Å². The molecule has 0 unspecified atom stereocenters. The highest BCUT2D eigenvalue weighted by Crippen LogP contribution is 2.22. The molecule has 0 radical (unpaired) electrons. The molecule has 0 spiro atoms. The van der Waals surface area contributed by atoms with E-state index in [4.69, 9.17) is 11.6 Å². The summed E-state index contributed by atoms with van der Waals surface area (Å²) in [7, 11) is 0. The molecule has 118 valence electrons. The highest BCUT2D eigenvalue weighted by atomic mass is 35.5. The van der Waals surface area contributed by atoms with Gasteiger partial charge in [-0.2, -0.15) is 0 Å². The zero-order chi connectivity index (χ0) is 16.2. The van der Waals surface area contributed by atoms with E-state index < -0.39 is 0 Å². The summed E-state index contributed by atoms with van der Waals surface area (Å²) in [5.74, 6) is 1.38. The van der Waals surface area contributed by atoms with Crippen LogP contribution in [0.3, 0.4) is 0 Å². The van der Waals surface area contributed by atoms with Crippen LogP contribution in [-0.2, 0) is 10.2 Å². The van der Waals surface area contributed by atoms with Gasteiger partial charge in [0.15, 0.2) is 0 Å². The van der Waals surface area contributed by atoms with Crippen LogP contribution in [0.1, 0.15) is 33.0 Å². The van der Waals surface area contributed by atoms with E-state index in [1.54, 1.807) is 12.1 Å². The third-order valence-electron chi connectivity index (χ3n) is 2.88. The highest BCUT2D eigenvalue weighted by molar-refractivity contribution is 7.99. The Bertz CT molecular complexity index is 651. The number of nitrogens with zero attached hydrogens (tertiary/aromatic N) is 2. The Morgan fingerprint density at radius 2 is 2.09 bits per heavy atom. The summed E-state index contributed by atoms with van der Waals surface area (Å²) in [5.41, 5.74) is 0.569. The zero-order valence-electron chi connectivity index (χ0n) is 12.8. The lowest BCUT2D eigenvalue weighted by Crippen LogP contribution is -2.13. The Kier molecular flexibility index (Phi) is 5.47. The summed E-state index contributed by atoms with van der Waals surface area (Å²) in [5, 5.41) is 11.1. The summed E-state index contributed by atoms with van der Waals surface area (Å²) in [6.07, 6.45) is 0.370. The number of thioether (sulfide) groups is 1. The first-order chi connectivity index (χ1) is 10.4. The predicted molar refractivity (Wildman–Crippen MR) is 90.5 cm³/mol. The molecule has 0 atom stereocenters. The average molecular weight is 339 g/mol. The number of rotatable bonds is 5. The molecule has 2 rings (SSSR count). The number of para-hydroxylation sites is 1. The number of aromatic amines is 1. The molecule has 1 heterocycles. The number of carbonyl (C=O) groups is 1. The van der Waals surface area contributed by atoms with Gasteiger partial charge in [0.25, 0.3) is 0 Å². The van der Waals surface area contributed by atoms with Gasteiger partial charge in [-0.05, 0) is 12.1 Å². The van der Waals surface area contributed by atoms with Gasteiger partial charge >= 0.3 is 0 Å². The van der Waals surface area contributed by atoms with Crippen molar-refractivity contribution in [3.63, 3.8) is 0 Å². The zero-order valence-corrected chi connectivity index (χ0v) is 14.4. The maximum Gasteiger partial charge on any atom is 0.225 e. The summed E-state index contributed by atoms with van der Waals surface area (Å²) in [4.78, 5) is 16.3. The van der Waals surface area contributed by atoms with Crippen LogP contribution in [0.25, 0.3) is 0 Å². The minimum Gasteiger partial charge on any atom is -0.325 e. The first-order valence-electron chi connectivity index (χ1n) is 6.96. The van der Waals surface area contributed by atoms with Crippen LogP contribution in [0.4, 0.5) is 5.69 Å². The molecule has 2 N–H and O–H groups in total. The van der Waals surface area contributed by atoms with Crippen molar-refractivity contribution in [1.29, 1.82) is 0 Å². The van der Waals surface area contributed by atoms with Gasteiger partial charge in [-0.3, -0.25) is 9.89 Å². The molecule has 0 aliphatic heterocycles. The van der Waals surface area contributed by atoms with E-state index in [2.05, 4.69) is 41.3 Å². The minimum absolute atomic E-state index is 0.0623. The van der Waals surface area contributed by atoms with Crippen LogP contribution in [0, 0.1) is 0 Å². The minimum atomic E-state index is -0.0767. The second-order valence-electron chi connectivity index (χ2n) is 5.84. The van der Waals surface area contributed by atoms with Crippen LogP contribution in [0.5, 0.6) is 0 Å². The first kappa shape index (κ1) is 16.8. The molecule has 0 saturated carbocycles. The van der Waals surface area contributed by atoms with Crippen LogP contribution in [0.15, 0.2) is 29.4 Å². The van der Waals surface area contributed by atoms with Crippen molar-refractivity contribution in [2.45, 2.75) is 37.8 Å². The summed E-state index contributed by atoms with van der Waals surface area (Å²) in [6, 6.07) is 7.17. The summed E-state index contributed by atoms with van der Waals surface area (Å²) < 4.78 is 0. The Morgan fingerprint density at radius 1 is 1.36 bits per heavy atom. The van der Waals surface area contributed by atoms with E-state index in [1.807, 2.05) is 12.1 Å². The van der Waals surface area contributed by atoms with E-state index in [-0.39, 0.29) is 11.3 Å². The van der Waals surface area contributed by atoms with E-state index in [0.29, 0.717) is 28.0 Å². The standard InChI is InChI=1S/C15H19ClN4OS/c1-15(2,3)13-18-14(20-19-13)22-9-8-12(21)17-11-7-5-4-6-10(11)16/h4-7H,8-9H2,1-3H3,(H,17,21)(H,18,19,20). The number of hydrogen-bond acceptors (Lipinski definition) is 4. The molecule has 2 aromatic rings. The van der Waals surface area contributed by atoms with Crippen molar-refractivity contribution in [3.05, 3.63) is 35.1 Å². The first-order valence-corrected chi connectivity index (χ1v) is 8.32. The second-order valence-corrected chi connectivity index (χ2v) is 7.31. The van der Waals surface area contributed by atoms with Crippen molar-refractivity contribution >= 4 is 35.0 Å². The van der Waals surface area contributed by atoms with Gasteiger partial charge in [-0.25, -0.2) is 4.98 Å². The van der Waals surface area contributed by atoms with E-state index >= 15 is 0 Å². The van der Waals surface area contributed by atoms with Gasteiger partial charge in [-0.15, -0.1) is 5.10 Å². The monoisotopic (exact) mass is 338 g/mol. The largest absolute Gasteiger partial charge is 0.325 e. The topological polar surface area (TPSA) is 70.7 Å². The van der Waals surface area contributed by atoms with Crippen molar-refractivity contribution in [1.82, 2.24) is 15.2 Å². The molecular formula is C15H19ClN4OS. The maximum absolute atomic E-state index is 11.9. The maximum atomic E-state index is 11.9. The SMILES string of the molecule is CC(C)(C)c1nc(SCCC(=O)Nc2ccccc2Cl)n[nH]1. The molecule has 0 aliphatic carbocycles. The number of anilines is 1. The van der Waals surface area contributed by atoms with Gasteiger partial charge < -0.3 is 5.32 Å². The van der Waals surface area contributed by atoms with Crippen LogP contribution >= 0.6 is 23.4 Å². The third-order valence-corrected chi connectivity index (χ3v) is 4.06. The molecule has 5 nitrogen and oxygen atoms in total. The van der Waals surface area contributed by atoms with Gasteiger partial charge in [0.1, 0.15) is 5.82 Å². The fourth-order valence-corrected chi connectivity index (χ4v) is 2.58. The molecule has 7 heteroatoms. The van der Waals surface area contributed by atoms with E-state index in [9.17, 15) is 4.79 Å². The van der Waals surface area contributed by atoms with Gasteiger partial charge in [0.05, 0.1) is 10.7 Å². The number of amides is 1. The lowest BCUT2D eigenvalue weighted by atomic mass is 9.96. The van der Waals surface area contributed by atoms with Crippen molar-refractivity contribution < 1.29 is 4.79 Å². The van der Waals surface area contributed by atoms with Crippen LogP contribution in [-0.4, -0.2) is 26.8 Å². The number of H-pyrrole nitrogens is 1. The number of nitrogens with one attached hydrogen (secondary N) is 2. The third kappa shape index (κ3) is 4.74. The Hall–Kier alpha value is -1.53. The Labute approximate surface area is 139 Å². The van der Waals surface area contributed by atoms with Crippen LogP contribution < -0.4 is 5.32 Å². The molecule has 22 heavy (non-hydrogen) atoms. The molecule has 1 amide bonds. The lowest BCUT2D eigenvalue weighted by molar-refractivity contribution is -0.115. The Balaban J connectivity index is 1.80. The fraction of sp³-hybridized carbons (Fsp3) is 0.400. The summed E-state index contributed by atoms with van der Waals surface area (Å²) in [6.45, 7) is 6.21. The molecular weight excluding hydrogens is 320 g/mol. The smallest absolute Gasteiger partial charge is 0.225 e. The van der Waals surface area contributed by atoms with Gasteiger partial charge in [0.2, 0.25) is 11.1 Å². The number of aromatic nitrogens is 3. The fourth-order valence-electron chi connectivity index (χ4n) is 1.66. The molecule has 0 bridgehead atoms. The van der Waals surface area contributed by atoms with E-state index in [1.165, 1.54) is 11.8 Å². The second kappa shape index (κ2) is 7.15. The Morgan fingerprint density at radius 3 is 2.73 bits per heavy atom. The number of carbonyl (C=O) groups excluding carboxylic acids is 1. The predicted octanol–water partition coefficient (Wildman–Crippen LogP) is 3.88. The lowest BCUT2D eigenvalue weighted by Gasteiger charge is -2.12. The molecule has 0 aliphatic rings. The molecule has 1 aromatic heterocycles.